The lowest BCUT2D eigenvalue weighted by molar-refractivity contribution is -0.116. The van der Waals surface area contributed by atoms with E-state index in [0.29, 0.717) is 0 Å². The van der Waals surface area contributed by atoms with E-state index >= 15 is 0 Å². The van der Waals surface area contributed by atoms with Crippen molar-refractivity contribution in [1.82, 2.24) is 0 Å². The average molecular weight is 331 g/mol. The molecule has 0 spiro atoms. The van der Waals surface area contributed by atoms with E-state index in [4.69, 9.17) is 0 Å². The number of anilines is 2. The second-order valence-electron chi connectivity index (χ2n) is 5.05. The highest BCUT2D eigenvalue weighted by atomic mass is 79.9. The molecule has 0 fully saturated rings. The predicted octanol–water partition coefficient (Wildman–Crippen LogP) is 4.17. The van der Waals surface area contributed by atoms with Crippen LogP contribution in [0, 0.1) is 13.8 Å². The van der Waals surface area contributed by atoms with Crippen LogP contribution in [0.15, 0.2) is 40.9 Å². The smallest absolute Gasteiger partial charge is 0.251 e. The third-order valence-corrected chi connectivity index (χ3v) is 4.24. The van der Waals surface area contributed by atoms with Crippen molar-refractivity contribution in [2.75, 3.05) is 10.6 Å². The minimum atomic E-state index is -0.344. The van der Waals surface area contributed by atoms with Gasteiger partial charge in [0, 0.05) is 21.4 Å². The summed E-state index contributed by atoms with van der Waals surface area (Å²) in [4.78, 5) is 12.2. The molecular formula is C16H15BrN2O. The SMILES string of the molecule is Cc1cccc(NC2C(=O)Nc3ccc(Br)cc32)c1C. The number of rotatable bonds is 2. The molecule has 1 amide bonds. The Kier molecular flexibility index (Phi) is 3.26. The number of carbonyl (C=O) groups is 1. The molecule has 0 aliphatic carbocycles. The van der Waals surface area contributed by atoms with Crippen molar-refractivity contribution in [3.05, 3.63) is 57.6 Å². The van der Waals surface area contributed by atoms with Gasteiger partial charge in [-0.25, -0.2) is 0 Å². The lowest BCUT2D eigenvalue weighted by atomic mass is 10.0. The van der Waals surface area contributed by atoms with Crippen molar-refractivity contribution >= 4 is 33.2 Å². The van der Waals surface area contributed by atoms with Gasteiger partial charge in [0.2, 0.25) is 0 Å². The van der Waals surface area contributed by atoms with E-state index in [1.165, 1.54) is 11.1 Å². The van der Waals surface area contributed by atoms with E-state index < -0.39 is 0 Å². The maximum atomic E-state index is 12.2. The summed E-state index contributed by atoms with van der Waals surface area (Å²) in [5.74, 6) is -0.0148. The zero-order chi connectivity index (χ0) is 14.3. The summed E-state index contributed by atoms with van der Waals surface area (Å²) < 4.78 is 0.973. The first-order valence-electron chi connectivity index (χ1n) is 6.49. The summed E-state index contributed by atoms with van der Waals surface area (Å²) in [6.07, 6.45) is 0. The molecule has 1 unspecified atom stereocenters. The molecule has 2 aromatic carbocycles. The van der Waals surface area contributed by atoms with E-state index in [2.05, 4.69) is 46.5 Å². The van der Waals surface area contributed by atoms with Gasteiger partial charge < -0.3 is 10.6 Å². The standard InChI is InChI=1S/C16H15BrN2O/c1-9-4-3-5-13(10(9)2)18-15-12-8-11(17)6-7-14(12)19-16(15)20/h3-8,15,18H,1-2H3,(H,19,20). The molecule has 2 N–H and O–H groups in total. The first kappa shape index (κ1) is 13.2. The Balaban J connectivity index is 1.98. The van der Waals surface area contributed by atoms with Crippen LogP contribution in [0.5, 0.6) is 0 Å². The van der Waals surface area contributed by atoms with E-state index in [9.17, 15) is 4.79 Å². The van der Waals surface area contributed by atoms with Gasteiger partial charge in [-0.2, -0.15) is 0 Å². The highest BCUT2D eigenvalue weighted by Crippen LogP contribution is 2.35. The van der Waals surface area contributed by atoms with Gasteiger partial charge in [-0.15, -0.1) is 0 Å². The molecule has 102 valence electrons. The molecule has 1 atom stereocenters. The lowest BCUT2D eigenvalue weighted by Gasteiger charge is -2.16. The second kappa shape index (κ2) is 4.94. The number of aryl methyl sites for hydroxylation is 1. The molecule has 1 heterocycles. The molecule has 4 heteroatoms. The van der Waals surface area contributed by atoms with Crippen LogP contribution < -0.4 is 10.6 Å². The van der Waals surface area contributed by atoms with E-state index in [0.717, 1.165) is 21.4 Å². The van der Waals surface area contributed by atoms with Crippen molar-refractivity contribution < 1.29 is 4.79 Å². The zero-order valence-electron chi connectivity index (χ0n) is 11.3. The van der Waals surface area contributed by atoms with Gasteiger partial charge in [0.05, 0.1) is 0 Å². The van der Waals surface area contributed by atoms with Gasteiger partial charge in [-0.3, -0.25) is 4.79 Å². The first-order chi connectivity index (χ1) is 9.56. The minimum Gasteiger partial charge on any atom is -0.370 e. The molecule has 20 heavy (non-hydrogen) atoms. The van der Waals surface area contributed by atoms with Gasteiger partial charge in [0.1, 0.15) is 6.04 Å². The van der Waals surface area contributed by atoms with Gasteiger partial charge in [-0.05, 0) is 49.2 Å². The largest absolute Gasteiger partial charge is 0.370 e. The van der Waals surface area contributed by atoms with Crippen LogP contribution in [0.1, 0.15) is 22.7 Å². The highest BCUT2D eigenvalue weighted by Gasteiger charge is 2.30. The molecule has 0 radical (unpaired) electrons. The third-order valence-electron chi connectivity index (χ3n) is 3.75. The number of fused-ring (bicyclic) bond motifs is 1. The number of nitrogens with one attached hydrogen (secondary N) is 2. The van der Waals surface area contributed by atoms with Crippen LogP contribution in [0.2, 0.25) is 0 Å². The summed E-state index contributed by atoms with van der Waals surface area (Å²) in [5, 5.41) is 6.26. The van der Waals surface area contributed by atoms with Crippen LogP contribution in [0.4, 0.5) is 11.4 Å². The van der Waals surface area contributed by atoms with Crippen molar-refractivity contribution in [2.45, 2.75) is 19.9 Å². The van der Waals surface area contributed by atoms with E-state index in [-0.39, 0.29) is 11.9 Å². The molecule has 0 saturated carbocycles. The number of carbonyl (C=O) groups excluding carboxylic acids is 1. The van der Waals surface area contributed by atoms with Crippen molar-refractivity contribution in [3.8, 4) is 0 Å². The topological polar surface area (TPSA) is 41.1 Å². The predicted molar refractivity (Wildman–Crippen MR) is 85.1 cm³/mol. The molecule has 0 bridgehead atoms. The van der Waals surface area contributed by atoms with E-state index in [1.807, 2.05) is 30.3 Å². The minimum absolute atomic E-state index is 0.0148. The highest BCUT2D eigenvalue weighted by molar-refractivity contribution is 9.10. The normalized spacial score (nSPS) is 16.8. The molecular weight excluding hydrogens is 316 g/mol. The van der Waals surface area contributed by atoms with Crippen LogP contribution in [0.25, 0.3) is 0 Å². The Labute approximate surface area is 126 Å². The Morgan fingerprint density at radius 2 is 2.00 bits per heavy atom. The Bertz CT molecular complexity index is 697. The van der Waals surface area contributed by atoms with Crippen molar-refractivity contribution in [3.63, 3.8) is 0 Å². The van der Waals surface area contributed by atoms with Gasteiger partial charge in [-0.1, -0.05) is 28.1 Å². The second-order valence-corrected chi connectivity index (χ2v) is 5.96. The molecule has 1 aliphatic rings. The summed E-state index contributed by atoms with van der Waals surface area (Å²) in [6.45, 7) is 4.13. The Hall–Kier alpha value is -1.81. The molecule has 3 nitrogen and oxygen atoms in total. The molecule has 2 aromatic rings. The number of benzene rings is 2. The molecule has 1 aliphatic heterocycles. The fourth-order valence-corrected chi connectivity index (χ4v) is 2.82. The zero-order valence-corrected chi connectivity index (χ0v) is 12.9. The fraction of sp³-hybridized carbons (Fsp3) is 0.188. The number of amides is 1. The number of halogens is 1. The summed E-state index contributed by atoms with van der Waals surface area (Å²) >= 11 is 3.46. The quantitative estimate of drug-likeness (QED) is 0.867. The number of hydrogen-bond donors (Lipinski definition) is 2. The third kappa shape index (κ3) is 2.20. The average Bonchev–Trinajstić information content (AvgIpc) is 2.71. The van der Waals surface area contributed by atoms with E-state index in [1.54, 1.807) is 0 Å². The van der Waals surface area contributed by atoms with Crippen molar-refractivity contribution in [2.24, 2.45) is 0 Å². The van der Waals surface area contributed by atoms with Crippen LogP contribution in [-0.2, 0) is 4.79 Å². The van der Waals surface area contributed by atoms with Gasteiger partial charge in [0.15, 0.2) is 0 Å². The van der Waals surface area contributed by atoms with Crippen LogP contribution in [-0.4, -0.2) is 5.91 Å². The number of hydrogen-bond acceptors (Lipinski definition) is 2. The Morgan fingerprint density at radius 3 is 2.80 bits per heavy atom. The van der Waals surface area contributed by atoms with Gasteiger partial charge >= 0.3 is 0 Å². The first-order valence-corrected chi connectivity index (χ1v) is 7.28. The van der Waals surface area contributed by atoms with Gasteiger partial charge in [0.25, 0.3) is 5.91 Å². The molecule has 0 saturated heterocycles. The van der Waals surface area contributed by atoms with Crippen molar-refractivity contribution in [1.29, 1.82) is 0 Å². The summed E-state index contributed by atoms with van der Waals surface area (Å²) in [7, 11) is 0. The van der Waals surface area contributed by atoms with Crippen LogP contribution >= 0.6 is 15.9 Å². The monoisotopic (exact) mass is 330 g/mol. The Morgan fingerprint density at radius 1 is 1.20 bits per heavy atom. The van der Waals surface area contributed by atoms with Crippen LogP contribution in [0.3, 0.4) is 0 Å². The summed E-state index contributed by atoms with van der Waals surface area (Å²) in [6, 6.07) is 11.6. The maximum Gasteiger partial charge on any atom is 0.251 e. The maximum absolute atomic E-state index is 12.2. The fourth-order valence-electron chi connectivity index (χ4n) is 2.44. The lowest BCUT2D eigenvalue weighted by Crippen LogP contribution is -2.20. The summed E-state index contributed by atoms with van der Waals surface area (Å²) in [5.41, 5.74) is 5.23. The molecule has 0 aromatic heterocycles. The molecule has 3 rings (SSSR count).